The Morgan fingerprint density at radius 1 is 1.08 bits per heavy atom. The van der Waals surface area contributed by atoms with Gasteiger partial charge in [0, 0.05) is 29.7 Å². The van der Waals surface area contributed by atoms with Crippen LogP contribution in [0.5, 0.6) is 5.88 Å². The second kappa shape index (κ2) is 7.03. The summed E-state index contributed by atoms with van der Waals surface area (Å²) in [5, 5.41) is 0. The number of rotatable bonds is 4. The molecule has 0 fully saturated rings. The zero-order chi connectivity index (χ0) is 17.9. The predicted molar refractivity (Wildman–Crippen MR) is 94.8 cm³/mol. The van der Waals surface area contributed by atoms with Gasteiger partial charge in [0.25, 0.3) is 0 Å². The van der Waals surface area contributed by atoms with Crippen LogP contribution in [0.15, 0.2) is 36.7 Å². The van der Waals surface area contributed by atoms with Crippen molar-refractivity contribution in [1.82, 2.24) is 19.9 Å². The molecule has 0 bridgehead atoms. The number of halogens is 1. The summed E-state index contributed by atoms with van der Waals surface area (Å²) >= 11 is 0. The van der Waals surface area contributed by atoms with Gasteiger partial charge in [0.15, 0.2) is 0 Å². The summed E-state index contributed by atoms with van der Waals surface area (Å²) < 4.78 is 19.0. The monoisotopic (exact) mass is 351 g/mol. The van der Waals surface area contributed by atoms with Crippen LogP contribution in [0.3, 0.4) is 0 Å². The van der Waals surface area contributed by atoms with E-state index in [2.05, 4.69) is 19.9 Å². The van der Waals surface area contributed by atoms with E-state index >= 15 is 0 Å². The Labute approximate surface area is 150 Å². The van der Waals surface area contributed by atoms with Gasteiger partial charge >= 0.3 is 0 Å². The van der Waals surface area contributed by atoms with Crippen molar-refractivity contribution in [3.05, 3.63) is 59.6 Å². The van der Waals surface area contributed by atoms with Crippen molar-refractivity contribution < 1.29 is 9.13 Å². The molecule has 0 amide bonds. The Balaban J connectivity index is 1.67. The number of hydrogen-bond donors (Lipinski definition) is 1. The van der Waals surface area contributed by atoms with Crippen molar-refractivity contribution in [2.24, 2.45) is 0 Å². The molecule has 0 radical (unpaired) electrons. The third-order valence-electron chi connectivity index (χ3n) is 4.40. The molecule has 0 spiro atoms. The van der Waals surface area contributed by atoms with Crippen molar-refractivity contribution in [3.63, 3.8) is 0 Å². The quantitative estimate of drug-likeness (QED) is 0.727. The molecule has 6 nitrogen and oxygen atoms in total. The molecule has 0 saturated carbocycles. The fourth-order valence-corrected chi connectivity index (χ4v) is 3.17. The molecule has 1 aliphatic carbocycles. The minimum absolute atomic E-state index is 0.154. The smallest absolute Gasteiger partial charge is 0.219 e. The summed E-state index contributed by atoms with van der Waals surface area (Å²) in [7, 11) is 0. The molecule has 3 aromatic heterocycles. The number of ether oxygens (including phenoxy) is 1. The minimum atomic E-state index is -0.524. The lowest BCUT2D eigenvalue weighted by molar-refractivity contribution is 0.286. The van der Waals surface area contributed by atoms with Gasteiger partial charge in [0.2, 0.25) is 17.8 Å². The summed E-state index contributed by atoms with van der Waals surface area (Å²) in [6.45, 7) is 0.154. The van der Waals surface area contributed by atoms with E-state index in [1.54, 1.807) is 24.5 Å². The number of anilines is 1. The number of pyridine rings is 2. The minimum Gasteiger partial charge on any atom is -0.471 e. The van der Waals surface area contributed by atoms with Crippen LogP contribution < -0.4 is 10.5 Å². The molecule has 0 saturated heterocycles. The number of nitrogens with two attached hydrogens (primary N) is 1. The van der Waals surface area contributed by atoms with Gasteiger partial charge in [-0.1, -0.05) is 6.07 Å². The van der Waals surface area contributed by atoms with Crippen molar-refractivity contribution in [1.29, 1.82) is 0 Å². The van der Waals surface area contributed by atoms with E-state index < -0.39 is 5.95 Å². The third-order valence-corrected chi connectivity index (χ3v) is 4.40. The van der Waals surface area contributed by atoms with Gasteiger partial charge in [-0.2, -0.15) is 4.39 Å². The largest absolute Gasteiger partial charge is 0.471 e. The van der Waals surface area contributed by atoms with Crippen molar-refractivity contribution >= 4 is 5.95 Å². The van der Waals surface area contributed by atoms with Crippen LogP contribution in [0.4, 0.5) is 10.3 Å². The highest BCUT2D eigenvalue weighted by atomic mass is 19.1. The standard InChI is InChI=1S/C19H18FN5O/c20-17-7-3-4-13(24-17)11-26-18-8-15(12-9-22-19(21)23-10-12)14-5-1-2-6-16(14)25-18/h3-4,7-10H,1-2,5-6,11H2,(H2,21,22,23). The summed E-state index contributed by atoms with van der Waals surface area (Å²) in [4.78, 5) is 16.6. The highest BCUT2D eigenvalue weighted by Crippen LogP contribution is 2.33. The second-order valence-electron chi connectivity index (χ2n) is 6.21. The molecule has 2 N–H and O–H groups in total. The van der Waals surface area contributed by atoms with Crippen LogP contribution in [0.2, 0.25) is 0 Å². The molecule has 4 rings (SSSR count). The fraction of sp³-hybridized carbons (Fsp3) is 0.263. The van der Waals surface area contributed by atoms with E-state index in [1.807, 2.05) is 6.07 Å². The molecule has 132 valence electrons. The average Bonchev–Trinajstić information content (AvgIpc) is 2.66. The number of nitrogens with zero attached hydrogens (tertiary/aromatic N) is 4. The number of aromatic nitrogens is 4. The van der Waals surface area contributed by atoms with Crippen molar-refractivity contribution in [2.75, 3.05) is 5.73 Å². The molecule has 0 aliphatic heterocycles. The molecule has 7 heteroatoms. The highest BCUT2D eigenvalue weighted by molar-refractivity contribution is 5.68. The van der Waals surface area contributed by atoms with E-state index in [1.165, 1.54) is 11.6 Å². The first-order valence-corrected chi connectivity index (χ1v) is 8.54. The van der Waals surface area contributed by atoms with E-state index in [0.717, 1.165) is 42.5 Å². The van der Waals surface area contributed by atoms with Gasteiger partial charge in [0.05, 0.1) is 5.69 Å². The van der Waals surface area contributed by atoms with Crippen LogP contribution in [0, 0.1) is 5.95 Å². The second-order valence-corrected chi connectivity index (χ2v) is 6.21. The summed E-state index contributed by atoms with van der Waals surface area (Å²) in [5.41, 5.74) is 10.3. The van der Waals surface area contributed by atoms with Gasteiger partial charge in [0.1, 0.15) is 6.61 Å². The van der Waals surface area contributed by atoms with Gasteiger partial charge < -0.3 is 10.5 Å². The maximum atomic E-state index is 13.2. The molecule has 0 atom stereocenters. The zero-order valence-electron chi connectivity index (χ0n) is 14.2. The maximum absolute atomic E-state index is 13.2. The molecular formula is C19H18FN5O. The van der Waals surface area contributed by atoms with Gasteiger partial charge in [-0.3, -0.25) is 0 Å². The maximum Gasteiger partial charge on any atom is 0.219 e. The van der Waals surface area contributed by atoms with Crippen LogP contribution in [-0.2, 0) is 19.4 Å². The van der Waals surface area contributed by atoms with E-state index in [0.29, 0.717) is 11.6 Å². The Hall–Kier alpha value is -3.09. The van der Waals surface area contributed by atoms with E-state index in [4.69, 9.17) is 10.5 Å². The molecular weight excluding hydrogens is 333 g/mol. The average molecular weight is 351 g/mol. The Bertz CT molecular complexity index is 930. The molecule has 3 aromatic rings. The molecule has 3 heterocycles. The van der Waals surface area contributed by atoms with Crippen molar-refractivity contribution in [2.45, 2.75) is 32.3 Å². The molecule has 26 heavy (non-hydrogen) atoms. The summed E-state index contributed by atoms with van der Waals surface area (Å²) in [6, 6.07) is 6.52. The third kappa shape index (κ3) is 3.46. The highest BCUT2D eigenvalue weighted by Gasteiger charge is 2.18. The number of hydrogen-bond acceptors (Lipinski definition) is 6. The lowest BCUT2D eigenvalue weighted by Crippen LogP contribution is -2.10. The van der Waals surface area contributed by atoms with Crippen molar-refractivity contribution in [3.8, 4) is 17.0 Å². The fourth-order valence-electron chi connectivity index (χ4n) is 3.17. The molecule has 0 unspecified atom stereocenters. The lowest BCUT2D eigenvalue weighted by atomic mass is 9.90. The van der Waals surface area contributed by atoms with E-state index in [-0.39, 0.29) is 12.6 Å². The van der Waals surface area contributed by atoms with Gasteiger partial charge in [-0.15, -0.1) is 0 Å². The first-order chi connectivity index (χ1) is 12.7. The topological polar surface area (TPSA) is 86.8 Å². The van der Waals surface area contributed by atoms with E-state index in [9.17, 15) is 4.39 Å². The summed E-state index contributed by atoms with van der Waals surface area (Å²) in [5.74, 6) is 0.207. The normalized spacial score (nSPS) is 13.3. The van der Waals surface area contributed by atoms with Crippen LogP contribution in [0.1, 0.15) is 29.8 Å². The Kier molecular flexibility index (Phi) is 4.43. The van der Waals surface area contributed by atoms with Gasteiger partial charge in [-0.05, 0) is 48.9 Å². The Morgan fingerprint density at radius 3 is 2.69 bits per heavy atom. The summed E-state index contributed by atoms with van der Waals surface area (Å²) in [6.07, 6.45) is 7.54. The van der Waals surface area contributed by atoms with Crippen LogP contribution >= 0.6 is 0 Å². The van der Waals surface area contributed by atoms with Crippen LogP contribution in [-0.4, -0.2) is 19.9 Å². The Morgan fingerprint density at radius 2 is 1.88 bits per heavy atom. The van der Waals surface area contributed by atoms with Crippen LogP contribution in [0.25, 0.3) is 11.1 Å². The SMILES string of the molecule is Nc1ncc(-c2cc(OCc3cccc(F)n3)nc3c2CCCC3)cn1. The first kappa shape index (κ1) is 16.4. The first-order valence-electron chi connectivity index (χ1n) is 8.54. The zero-order valence-corrected chi connectivity index (χ0v) is 14.2. The number of aryl methyl sites for hydroxylation is 1. The molecule has 0 aromatic carbocycles. The number of fused-ring (bicyclic) bond motifs is 1. The number of nitrogen functional groups attached to an aromatic ring is 1. The molecule has 1 aliphatic rings. The van der Waals surface area contributed by atoms with Gasteiger partial charge in [-0.25, -0.2) is 19.9 Å². The lowest BCUT2D eigenvalue weighted by Gasteiger charge is -2.20. The predicted octanol–water partition coefficient (Wildman–Crippen LogP) is 3.11.